The van der Waals surface area contributed by atoms with E-state index < -0.39 is 0 Å². The third-order valence-corrected chi connectivity index (χ3v) is 4.69. The highest BCUT2D eigenvalue weighted by molar-refractivity contribution is 5.14. The van der Waals surface area contributed by atoms with Crippen molar-refractivity contribution in [1.82, 2.24) is 4.90 Å². The highest BCUT2D eigenvalue weighted by Gasteiger charge is 1.99. The van der Waals surface area contributed by atoms with Crippen LogP contribution in [0.5, 0.6) is 0 Å². The van der Waals surface area contributed by atoms with Gasteiger partial charge in [-0.1, -0.05) is 108 Å². The standard InChI is InChI=1S/C22H39N.H2O/c1-3-4-5-6-7-8-9-10-11-12-13-17-20-23(2)21-22-18-15-14-16-19-22;/h14-16,18-19H,3-13,17,20-21H2,1-2H3;1H2. The molecule has 1 aromatic rings. The van der Waals surface area contributed by atoms with Crippen molar-refractivity contribution in [2.75, 3.05) is 13.6 Å². The predicted molar refractivity (Wildman–Crippen MR) is 107 cm³/mol. The molecule has 0 atom stereocenters. The molecule has 2 heteroatoms. The van der Waals surface area contributed by atoms with Gasteiger partial charge in [-0.25, -0.2) is 0 Å². The summed E-state index contributed by atoms with van der Waals surface area (Å²) in [4.78, 5) is 2.45. The first-order valence-corrected chi connectivity index (χ1v) is 10.1. The highest BCUT2D eigenvalue weighted by atomic mass is 16.0. The van der Waals surface area contributed by atoms with Crippen LogP contribution in [-0.2, 0) is 6.54 Å². The lowest BCUT2D eigenvalue weighted by atomic mass is 10.1. The molecule has 0 amide bonds. The van der Waals surface area contributed by atoms with E-state index in [1.54, 1.807) is 0 Å². The van der Waals surface area contributed by atoms with Crippen molar-refractivity contribution in [1.29, 1.82) is 0 Å². The third-order valence-electron chi connectivity index (χ3n) is 4.69. The quantitative estimate of drug-likeness (QED) is 0.362. The van der Waals surface area contributed by atoms with Crippen molar-refractivity contribution < 1.29 is 5.48 Å². The summed E-state index contributed by atoms with van der Waals surface area (Å²) in [5.41, 5.74) is 1.42. The SMILES string of the molecule is CCCCCCCCCCCCCCN(C)Cc1ccccc1.O. The van der Waals surface area contributed by atoms with Gasteiger partial charge in [0, 0.05) is 6.54 Å². The Bertz CT molecular complexity index is 352. The Morgan fingerprint density at radius 1 is 0.667 bits per heavy atom. The molecule has 0 aromatic heterocycles. The fourth-order valence-corrected chi connectivity index (χ4v) is 3.20. The van der Waals surface area contributed by atoms with Crippen LogP contribution in [0.25, 0.3) is 0 Å². The van der Waals surface area contributed by atoms with Crippen LogP contribution < -0.4 is 0 Å². The van der Waals surface area contributed by atoms with E-state index in [9.17, 15) is 0 Å². The minimum atomic E-state index is 0. The largest absolute Gasteiger partial charge is 0.412 e. The van der Waals surface area contributed by atoms with Crippen molar-refractivity contribution >= 4 is 0 Å². The Balaban J connectivity index is 0.00000529. The predicted octanol–water partition coefficient (Wildman–Crippen LogP) is 5.99. The summed E-state index contributed by atoms with van der Waals surface area (Å²) in [7, 11) is 2.24. The molecular weight excluding hydrogens is 294 g/mol. The lowest BCUT2D eigenvalue weighted by Crippen LogP contribution is -2.18. The molecule has 0 fully saturated rings. The van der Waals surface area contributed by atoms with Crippen LogP contribution in [0.2, 0.25) is 0 Å². The average Bonchev–Trinajstić information content (AvgIpc) is 2.57. The molecule has 0 saturated carbocycles. The van der Waals surface area contributed by atoms with E-state index in [1.807, 2.05) is 0 Å². The van der Waals surface area contributed by atoms with Gasteiger partial charge in [0.1, 0.15) is 0 Å². The molecule has 0 radical (unpaired) electrons. The molecule has 0 heterocycles. The lowest BCUT2D eigenvalue weighted by molar-refractivity contribution is 0.316. The van der Waals surface area contributed by atoms with E-state index in [0.29, 0.717) is 0 Å². The lowest BCUT2D eigenvalue weighted by Gasteiger charge is -2.16. The molecule has 1 rings (SSSR count). The number of benzene rings is 1. The molecule has 2 N–H and O–H groups in total. The Kier molecular flexibility index (Phi) is 16.4. The van der Waals surface area contributed by atoms with Crippen LogP contribution >= 0.6 is 0 Å². The number of hydrogen-bond acceptors (Lipinski definition) is 1. The molecule has 0 unspecified atom stereocenters. The number of hydrogen-bond donors (Lipinski definition) is 0. The summed E-state index contributed by atoms with van der Waals surface area (Å²) in [5.74, 6) is 0. The monoisotopic (exact) mass is 335 g/mol. The van der Waals surface area contributed by atoms with Crippen molar-refractivity contribution in [3.63, 3.8) is 0 Å². The normalized spacial score (nSPS) is 10.8. The maximum absolute atomic E-state index is 2.45. The van der Waals surface area contributed by atoms with Gasteiger partial charge in [-0.3, -0.25) is 0 Å². The second-order valence-electron chi connectivity index (χ2n) is 7.11. The second kappa shape index (κ2) is 17.0. The van der Waals surface area contributed by atoms with Crippen molar-refractivity contribution in [3.05, 3.63) is 35.9 Å². The maximum Gasteiger partial charge on any atom is 0.0230 e. The van der Waals surface area contributed by atoms with Gasteiger partial charge in [-0.2, -0.15) is 0 Å². The minimum Gasteiger partial charge on any atom is -0.412 e. The van der Waals surface area contributed by atoms with Gasteiger partial charge in [-0.15, -0.1) is 0 Å². The molecule has 0 saturated heterocycles. The summed E-state index contributed by atoms with van der Waals surface area (Å²) >= 11 is 0. The smallest absolute Gasteiger partial charge is 0.0230 e. The van der Waals surface area contributed by atoms with Gasteiger partial charge < -0.3 is 10.4 Å². The Morgan fingerprint density at radius 3 is 1.62 bits per heavy atom. The highest BCUT2D eigenvalue weighted by Crippen LogP contribution is 2.12. The summed E-state index contributed by atoms with van der Waals surface area (Å²) < 4.78 is 0. The molecule has 1 aromatic carbocycles. The minimum absolute atomic E-state index is 0. The van der Waals surface area contributed by atoms with Gasteiger partial charge in [0.15, 0.2) is 0 Å². The molecule has 0 aliphatic heterocycles. The first-order chi connectivity index (χ1) is 11.3. The zero-order chi connectivity index (χ0) is 16.6. The van der Waals surface area contributed by atoms with Crippen molar-refractivity contribution in [3.8, 4) is 0 Å². The Hall–Kier alpha value is -0.860. The van der Waals surface area contributed by atoms with Gasteiger partial charge in [0.05, 0.1) is 0 Å². The Labute approximate surface area is 151 Å². The zero-order valence-electron chi connectivity index (χ0n) is 16.2. The zero-order valence-corrected chi connectivity index (χ0v) is 16.2. The second-order valence-corrected chi connectivity index (χ2v) is 7.11. The van der Waals surface area contributed by atoms with E-state index in [4.69, 9.17) is 0 Å². The fourth-order valence-electron chi connectivity index (χ4n) is 3.20. The summed E-state index contributed by atoms with van der Waals surface area (Å²) in [6.07, 6.45) is 17.2. The topological polar surface area (TPSA) is 34.7 Å². The Morgan fingerprint density at radius 2 is 1.12 bits per heavy atom. The van der Waals surface area contributed by atoms with Gasteiger partial charge in [0.2, 0.25) is 0 Å². The first kappa shape index (κ1) is 23.1. The summed E-state index contributed by atoms with van der Waals surface area (Å²) in [6.45, 7) is 4.60. The van der Waals surface area contributed by atoms with Crippen LogP contribution in [-0.4, -0.2) is 24.0 Å². The molecular formula is C22H41NO. The van der Waals surface area contributed by atoms with Gasteiger partial charge >= 0.3 is 0 Å². The van der Waals surface area contributed by atoms with Crippen LogP contribution in [0.3, 0.4) is 0 Å². The van der Waals surface area contributed by atoms with Gasteiger partial charge in [0.25, 0.3) is 0 Å². The third kappa shape index (κ3) is 13.6. The van der Waals surface area contributed by atoms with Crippen LogP contribution in [0.4, 0.5) is 0 Å². The number of unbranched alkanes of at least 4 members (excludes halogenated alkanes) is 11. The summed E-state index contributed by atoms with van der Waals surface area (Å²) in [6, 6.07) is 10.8. The summed E-state index contributed by atoms with van der Waals surface area (Å²) in [5, 5.41) is 0. The van der Waals surface area contributed by atoms with Gasteiger partial charge in [-0.05, 0) is 25.6 Å². The molecule has 0 spiro atoms. The molecule has 0 aliphatic rings. The van der Waals surface area contributed by atoms with Crippen molar-refractivity contribution in [2.24, 2.45) is 0 Å². The van der Waals surface area contributed by atoms with Crippen LogP contribution in [0, 0.1) is 0 Å². The number of nitrogens with zero attached hydrogens (tertiary/aromatic N) is 1. The van der Waals surface area contributed by atoms with E-state index in [0.717, 1.165) is 6.54 Å². The fraction of sp³-hybridized carbons (Fsp3) is 0.727. The number of rotatable bonds is 15. The molecule has 0 bridgehead atoms. The van der Waals surface area contributed by atoms with E-state index in [1.165, 1.54) is 89.2 Å². The van der Waals surface area contributed by atoms with Crippen LogP contribution in [0.15, 0.2) is 30.3 Å². The molecule has 2 nitrogen and oxygen atoms in total. The van der Waals surface area contributed by atoms with Crippen LogP contribution in [0.1, 0.15) is 89.5 Å². The molecule has 140 valence electrons. The maximum atomic E-state index is 2.45. The first-order valence-electron chi connectivity index (χ1n) is 10.1. The van der Waals surface area contributed by atoms with E-state index in [-0.39, 0.29) is 5.48 Å². The average molecular weight is 336 g/mol. The van der Waals surface area contributed by atoms with E-state index >= 15 is 0 Å². The molecule has 24 heavy (non-hydrogen) atoms. The van der Waals surface area contributed by atoms with E-state index in [2.05, 4.69) is 49.2 Å². The molecule has 0 aliphatic carbocycles. The van der Waals surface area contributed by atoms with Crippen molar-refractivity contribution in [2.45, 2.75) is 90.5 Å².